The summed E-state index contributed by atoms with van der Waals surface area (Å²) in [4.78, 5) is 26.4. The molecule has 5 nitrogen and oxygen atoms in total. The molecule has 2 atom stereocenters. The normalized spacial score (nSPS) is 21.4. The molecule has 0 radical (unpaired) electrons. The van der Waals surface area contributed by atoms with E-state index in [1.807, 2.05) is 68.4 Å². The van der Waals surface area contributed by atoms with Gasteiger partial charge in [0.1, 0.15) is 0 Å². The Kier molecular flexibility index (Phi) is 5.95. The lowest BCUT2D eigenvalue weighted by molar-refractivity contribution is -0.179. The Hall–Kier alpha value is -2.92. The highest BCUT2D eigenvalue weighted by molar-refractivity contribution is 5.98. The molecule has 0 bridgehead atoms. The molecular formula is C23H25NO4. The summed E-state index contributed by atoms with van der Waals surface area (Å²) in [5, 5.41) is 0. The van der Waals surface area contributed by atoms with Gasteiger partial charge in [0.15, 0.2) is 11.4 Å². The number of amides is 1. The third kappa shape index (κ3) is 3.99. The summed E-state index contributed by atoms with van der Waals surface area (Å²) in [6, 6.07) is 17.7. The lowest BCUT2D eigenvalue weighted by atomic mass is 9.88. The van der Waals surface area contributed by atoms with E-state index >= 15 is 0 Å². The second-order valence-corrected chi connectivity index (χ2v) is 6.74. The SMILES string of the molecule is CCN(CC)C(=O)O[C@@H]1C=CC(=O)[C@](C)(c2ccc(-c3ccccc3)cc2)O1. The van der Waals surface area contributed by atoms with Gasteiger partial charge in [-0.2, -0.15) is 0 Å². The van der Waals surface area contributed by atoms with E-state index in [1.54, 1.807) is 11.8 Å². The Morgan fingerprint density at radius 1 is 1.04 bits per heavy atom. The highest BCUT2D eigenvalue weighted by Crippen LogP contribution is 2.33. The summed E-state index contributed by atoms with van der Waals surface area (Å²) in [7, 11) is 0. The van der Waals surface area contributed by atoms with E-state index in [2.05, 4.69) is 0 Å². The van der Waals surface area contributed by atoms with Gasteiger partial charge < -0.3 is 14.4 Å². The number of nitrogens with zero attached hydrogens (tertiary/aromatic N) is 1. The quantitative estimate of drug-likeness (QED) is 0.766. The van der Waals surface area contributed by atoms with Crippen LogP contribution in [0, 0.1) is 0 Å². The third-order valence-electron chi connectivity index (χ3n) is 5.01. The van der Waals surface area contributed by atoms with Gasteiger partial charge in [-0.15, -0.1) is 0 Å². The van der Waals surface area contributed by atoms with Gasteiger partial charge in [-0.1, -0.05) is 54.6 Å². The van der Waals surface area contributed by atoms with Crippen LogP contribution in [0.15, 0.2) is 66.7 Å². The summed E-state index contributed by atoms with van der Waals surface area (Å²) in [6.07, 6.45) is 1.53. The van der Waals surface area contributed by atoms with Gasteiger partial charge >= 0.3 is 6.09 Å². The average Bonchev–Trinajstić information content (AvgIpc) is 2.72. The fourth-order valence-electron chi connectivity index (χ4n) is 3.20. The van der Waals surface area contributed by atoms with Crippen LogP contribution in [0.1, 0.15) is 26.3 Å². The molecule has 28 heavy (non-hydrogen) atoms. The van der Waals surface area contributed by atoms with Gasteiger partial charge in [-0.3, -0.25) is 4.79 Å². The molecule has 0 saturated carbocycles. The Morgan fingerprint density at radius 2 is 1.64 bits per heavy atom. The zero-order valence-corrected chi connectivity index (χ0v) is 16.4. The van der Waals surface area contributed by atoms with E-state index in [0.717, 1.165) is 11.1 Å². The van der Waals surface area contributed by atoms with Crippen LogP contribution >= 0.6 is 0 Å². The highest BCUT2D eigenvalue weighted by Gasteiger charge is 2.41. The summed E-state index contributed by atoms with van der Waals surface area (Å²) in [5.41, 5.74) is 1.65. The van der Waals surface area contributed by atoms with E-state index in [1.165, 1.54) is 12.2 Å². The first-order valence-corrected chi connectivity index (χ1v) is 9.50. The van der Waals surface area contributed by atoms with Crippen molar-refractivity contribution in [3.8, 4) is 11.1 Å². The Labute approximate surface area is 165 Å². The summed E-state index contributed by atoms with van der Waals surface area (Å²) < 4.78 is 11.3. The smallest absolute Gasteiger partial charge is 0.412 e. The first-order chi connectivity index (χ1) is 13.5. The molecular weight excluding hydrogens is 354 g/mol. The van der Waals surface area contributed by atoms with Crippen LogP contribution in [0.5, 0.6) is 0 Å². The van der Waals surface area contributed by atoms with Crippen LogP contribution in [-0.2, 0) is 19.9 Å². The Morgan fingerprint density at radius 3 is 2.25 bits per heavy atom. The molecule has 0 N–H and O–H groups in total. The van der Waals surface area contributed by atoms with Crippen molar-refractivity contribution < 1.29 is 19.1 Å². The van der Waals surface area contributed by atoms with Crippen LogP contribution in [0.2, 0.25) is 0 Å². The molecule has 0 aromatic heterocycles. The molecule has 1 amide bonds. The molecule has 1 aliphatic rings. The minimum absolute atomic E-state index is 0.185. The zero-order chi connectivity index (χ0) is 20.1. The number of rotatable bonds is 5. The molecule has 0 saturated heterocycles. The maximum atomic E-state index is 12.6. The Balaban J connectivity index is 1.79. The number of carbonyl (C=O) groups excluding carboxylic acids is 2. The molecule has 2 aromatic rings. The number of benzene rings is 2. The largest absolute Gasteiger partial charge is 0.416 e. The number of ether oxygens (including phenoxy) is 2. The minimum Gasteiger partial charge on any atom is -0.416 e. The van der Waals surface area contributed by atoms with Gasteiger partial charge in [-0.05, 0) is 49.6 Å². The van der Waals surface area contributed by atoms with Crippen molar-refractivity contribution in [1.29, 1.82) is 0 Å². The van der Waals surface area contributed by atoms with Crippen molar-refractivity contribution in [3.63, 3.8) is 0 Å². The molecule has 5 heteroatoms. The molecule has 0 aliphatic carbocycles. The van der Waals surface area contributed by atoms with Crippen LogP contribution < -0.4 is 0 Å². The summed E-state index contributed by atoms with van der Waals surface area (Å²) >= 11 is 0. The first kappa shape index (κ1) is 19.8. The molecule has 146 valence electrons. The summed E-state index contributed by atoms with van der Waals surface area (Å²) in [6.45, 7) is 6.55. The fraction of sp³-hybridized carbons (Fsp3) is 0.304. The lowest BCUT2D eigenvalue weighted by Crippen LogP contribution is -2.44. The van der Waals surface area contributed by atoms with Crippen LogP contribution in [0.25, 0.3) is 11.1 Å². The molecule has 0 fully saturated rings. The van der Waals surface area contributed by atoms with Gasteiger partial charge in [0.25, 0.3) is 0 Å². The molecule has 1 aliphatic heterocycles. The topological polar surface area (TPSA) is 55.8 Å². The van der Waals surface area contributed by atoms with Crippen molar-refractivity contribution in [1.82, 2.24) is 4.90 Å². The van der Waals surface area contributed by atoms with E-state index < -0.39 is 18.0 Å². The van der Waals surface area contributed by atoms with Crippen molar-refractivity contribution in [2.75, 3.05) is 13.1 Å². The van der Waals surface area contributed by atoms with E-state index in [0.29, 0.717) is 18.7 Å². The van der Waals surface area contributed by atoms with Crippen molar-refractivity contribution in [2.24, 2.45) is 0 Å². The average molecular weight is 379 g/mol. The molecule has 2 aromatic carbocycles. The molecule has 3 rings (SSSR count). The second kappa shape index (κ2) is 8.40. The van der Waals surface area contributed by atoms with Crippen molar-refractivity contribution in [2.45, 2.75) is 32.7 Å². The molecule has 0 spiro atoms. The molecule has 0 unspecified atom stereocenters. The summed E-state index contributed by atoms with van der Waals surface area (Å²) in [5.74, 6) is -0.185. The van der Waals surface area contributed by atoms with E-state index in [9.17, 15) is 9.59 Å². The van der Waals surface area contributed by atoms with Crippen molar-refractivity contribution >= 4 is 11.9 Å². The number of carbonyl (C=O) groups is 2. The zero-order valence-electron chi connectivity index (χ0n) is 16.4. The maximum Gasteiger partial charge on any atom is 0.412 e. The predicted octanol–water partition coefficient (Wildman–Crippen LogP) is 4.53. The number of hydrogen-bond donors (Lipinski definition) is 0. The fourth-order valence-corrected chi connectivity index (χ4v) is 3.20. The van der Waals surface area contributed by atoms with Gasteiger partial charge in [-0.25, -0.2) is 4.79 Å². The standard InChI is InChI=1S/C23H25NO4/c1-4-24(5-2)22(26)27-21-16-15-20(25)23(3,28-21)19-13-11-18(12-14-19)17-9-7-6-8-10-17/h6-16,21H,4-5H2,1-3H3/t21-,23-/m0/s1. The van der Waals surface area contributed by atoms with Crippen LogP contribution in [0.3, 0.4) is 0 Å². The highest BCUT2D eigenvalue weighted by atomic mass is 16.7. The number of hydrogen-bond acceptors (Lipinski definition) is 4. The number of ketones is 1. The molecule has 1 heterocycles. The Bertz CT molecular complexity index is 856. The monoisotopic (exact) mass is 379 g/mol. The second-order valence-electron chi connectivity index (χ2n) is 6.74. The third-order valence-corrected chi connectivity index (χ3v) is 5.01. The van der Waals surface area contributed by atoms with Crippen molar-refractivity contribution in [3.05, 3.63) is 72.3 Å². The lowest BCUT2D eigenvalue weighted by Gasteiger charge is -2.34. The van der Waals surface area contributed by atoms with E-state index in [4.69, 9.17) is 9.47 Å². The predicted molar refractivity (Wildman–Crippen MR) is 108 cm³/mol. The van der Waals surface area contributed by atoms with E-state index in [-0.39, 0.29) is 5.78 Å². The first-order valence-electron chi connectivity index (χ1n) is 9.50. The van der Waals surface area contributed by atoms with Gasteiger partial charge in [0.05, 0.1) is 0 Å². The van der Waals surface area contributed by atoms with Gasteiger partial charge in [0.2, 0.25) is 6.29 Å². The van der Waals surface area contributed by atoms with Crippen LogP contribution in [-0.4, -0.2) is 36.2 Å². The van der Waals surface area contributed by atoms with Gasteiger partial charge in [0, 0.05) is 13.1 Å². The van der Waals surface area contributed by atoms with Crippen LogP contribution in [0.4, 0.5) is 4.79 Å². The minimum atomic E-state index is -1.21. The maximum absolute atomic E-state index is 12.6.